The molecule has 1 aromatic carbocycles. The molecule has 19 heavy (non-hydrogen) atoms. The molecule has 0 amide bonds. The van der Waals surface area contributed by atoms with E-state index in [4.69, 9.17) is 4.42 Å². The van der Waals surface area contributed by atoms with E-state index >= 15 is 0 Å². The smallest absolute Gasteiger partial charge is 0.404 e. The van der Waals surface area contributed by atoms with Crippen molar-refractivity contribution in [1.82, 2.24) is 5.32 Å². The third-order valence-electron chi connectivity index (χ3n) is 2.87. The normalized spacial score (nSPS) is 12.3. The van der Waals surface area contributed by atoms with Gasteiger partial charge in [0.05, 0.1) is 12.1 Å². The second-order valence-electron chi connectivity index (χ2n) is 4.23. The summed E-state index contributed by atoms with van der Waals surface area (Å²) in [6.07, 6.45) is 0.735. The minimum atomic E-state index is -0.519. The first-order valence-electron chi connectivity index (χ1n) is 6.22. The average molecular weight is 260 g/mol. The molecule has 0 radical (unpaired) electrons. The lowest BCUT2D eigenvalue weighted by atomic mass is 10.0. The predicted molar refractivity (Wildman–Crippen MR) is 71.9 cm³/mol. The Morgan fingerprint density at radius 1 is 1.26 bits per heavy atom. The van der Waals surface area contributed by atoms with Crippen LogP contribution in [0.4, 0.5) is 5.88 Å². The summed E-state index contributed by atoms with van der Waals surface area (Å²) in [6, 6.07) is 13.0. The zero-order chi connectivity index (χ0) is 13.7. The van der Waals surface area contributed by atoms with Crippen molar-refractivity contribution in [2.75, 3.05) is 6.54 Å². The summed E-state index contributed by atoms with van der Waals surface area (Å²) < 4.78 is 5.27. The first kappa shape index (κ1) is 13.3. The zero-order valence-electron chi connectivity index (χ0n) is 10.7. The Kier molecular flexibility index (Phi) is 4.30. The fourth-order valence-corrected chi connectivity index (χ4v) is 2.00. The molecule has 0 aliphatic carbocycles. The Morgan fingerprint density at radius 3 is 2.58 bits per heavy atom. The SMILES string of the molecule is CCNC(Cc1ccccc1)c1ccc([N+](=O)[O-])o1. The van der Waals surface area contributed by atoms with Crippen LogP contribution in [0.25, 0.3) is 0 Å². The molecular formula is C14H16N2O3. The van der Waals surface area contributed by atoms with Crippen LogP contribution in [-0.2, 0) is 6.42 Å². The molecule has 0 fully saturated rings. The number of hydrogen-bond donors (Lipinski definition) is 1. The second-order valence-corrected chi connectivity index (χ2v) is 4.23. The maximum Gasteiger partial charge on any atom is 0.433 e. The van der Waals surface area contributed by atoms with E-state index in [2.05, 4.69) is 5.32 Å². The molecule has 1 unspecified atom stereocenters. The lowest BCUT2D eigenvalue weighted by Gasteiger charge is -2.15. The topological polar surface area (TPSA) is 68.3 Å². The van der Waals surface area contributed by atoms with E-state index in [0.29, 0.717) is 5.76 Å². The van der Waals surface area contributed by atoms with Crippen LogP contribution in [0.15, 0.2) is 46.9 Å². The molecule has 1 aromatic heterocycles. The number of nitrogens with one attached hydrogen (secondary N) is 1. The Bertz CT molecular complexity index is 537. The molecule has 2 aromatic rings. The van der Waals surface area contributed by atoms with Gasteiger partial charge in [0.25, 0.3) is 0 Å². The third-order valence-corrected chi connectivity index (χ3v) is 2.87. The van der Waals surface area contributed by atoms with E-state index < -0.39 is 4.92 Å². The number of rotatable bonds is 6. The number of nitro groups is 1. The Balaban J connectivity index is 2.17. The van der Waals surface area contributed by atoms with Crippen molar-refractivity contribution in [3.05, 3.63) is 63.9 Å². The largest absolute Gasteiger partial charge is 0.433 e. The number of furan rings is 1. The van der Waals surface area contributed by atoms with Crippen molar-refractivity contribution in [2.24, 2.45) is 0 Å². The van der Waals surface area contributed by atoms with Crippen LogP contribution < -0.4 is 5.32 Å². The van der Waals surface area contributed by atoms with Gasteiger partial charge in [0, 0.05) is 0 Å². The molecular weight excluding hydrogens is 244 g/mol. The molecule has 1 N–H and O–H groups in total. The van der Waals surface area contributed by atoms with Crippen LogP contribution in [0, 0.1) is 10.1 Å². The predicted octanol–water partition coefficient (Wildman–Crippen LogP) is 3.08. The van der Waals surface area contributed by atoms with Crippen LogP contribution >= 0.6 is 0 Å². The highest BCUT2D eigenvalue weighted by atomic mass is 16.6. The first-order chi connectivity index (χ1) is 9.20. The highest BCUT2D eigenvalue weighted by Gasteiger charge is 2.19. The van der Waals surface area contributed by atoms with Gasteiger partial charge in [-0.05, 0) is 24.6 Å². The molecule has 0 saturated heterocycles. The standard InChI is InChI=1S/C14H16N2O3/c1-2-15-12(10-11-6-4-3-5-7-11)13-8-9-14(19-13)16(17)18/h3-9,12,15H,2,10H2,1H3. The van der Waals surface area contributed by atoms with Crippen molar-refractivity contribution in [1.29, 1.82) is 0 Å². The van der Waals surface area contributed by atoms with Gasteiger partial charge in [0.2, 0.25) is 0 Å². The van der Waals surface area contributed by atoms with Crippen molar-refractivity contribution in [2.45, 2.75) is 19.4 Å². The van der Waals surface area contributed by atoms with E-state index in [9.17, 15) is 10.1 Å². The molecule has 2 rings (SSSR count). The highest BCUT2D eigenvalue weighted by Crippen LogP contribution is 2.24. The van der Waals surface area contributed by atoms with Crippen molar-refractivity contribution < 1.29 is 9.34 Å². The van der Waals surface area contributed by atoms with Gasteiger partial charge in [0.1, 0.15) is 10.7 Å². The quantitative estimate of drug-likeness (QED) is 0.640. The zero-order valence-corrected chi connectivity index (χ0v) is 10.7. The van der Waals surface area contributed by atoms with Crippen LogP contribution in [0.2, 0.25) is 0 Å². The number of benzene rings is 1. The maximum absolute atomic E-state index is 10.6. The Hall–Kier alpha value is -2.14. The fourth-order valence-electron chi connectivity index (χ4n) is 2.00. The molecule has 0 spiro atoms. The summed E-state index contributed by atoms with van der Waals surface area (Å²) in [7, 11) is 0. The molecule has 0 bridgehead atoms. The third kappa shape index (κ3) is 3.42. The van der Waals surface area contributed by atoms with E-state index in [1.807, 2.05) is 37.3 Å². The molecule has 0 saturated carbocycles. The molecule has 5 heteroatoms. The summed E-state index contributed by atoms with van der Waals surface area (Å²) in [5.74, 6) is 0.378. The van der Waals surface area contributed by atoms with Gasteiger partial charge in [-0.3, -0.25) is 10.1 Å². The monoisotopic (exact) mass is 260 g/mol. The van der Waals surface area contributed by atoms with Gasteiger partial charge in [-0.1, -0.05) is 37.3 Å². The van der Waals surface area contributed by atoms with E-state index in [1.165, 1.54) is 6.07 Å². The van der Waals surface area contributed by atoms with Gasteiger partial charge >= 0.3 is 5.88 Å². The van der Waals surface area contributed by atoms with Crippen LogP contribution in [-0.4, -0.2) is 11.5 Å². The van der Waals surface area contributed by atoms with Gasteiger partial charge in [-0.15, -0.1) is 0 Å². The highest BCUT2D eigenvalue weighted by molar-refractivity contribution is 5.23. The Morgan fingerprint density at radius 2 is 2.00 bits per heavy atom. The van der Waals surface area contributed by atoms with Gasteiger partial charge in [0.15, 0.2) is 0 Å². The second kappa shape index (κ2) is 6.15. The summed E-state index contributed by atoms with van der Waals surface area (Å²) in [5.41, 5.74) is 1.16. The van der Waals surface area contributed by atoms with Crippen molar-refractivity contribution in [3.8, 4) is 0 Å². The lowest BCUT2D eigenvalue weighted by molar-refractivity contribution is -0.402. The van der Waals surface area contributed by atoms with Crippen LogP contribution in [0.1, 0.15) is 24.3 Å². The molecule has 0 aliphatic rings. The lowest BCUT2D eigenvalue weighted by Crippen LogP contribution is -2.22. The summed E-state index contributed by atoms with van der Waals surface area (Å²) >= 11 is 0. The van der Waals surface area contributed by atoms with E-state index in [1.54, 1.807) is 6.07 Å². The molecule has 5 nitrogen and oxygen atoms in total. The minimum absolute atomic E-state index is 0.0545. The molecule has 1 heterocycles. The number of likely N-dealkylation sites (N-methyl/N-ethyl adjacent to an activating group) is 1. The number of nitrogens with zero attached hydrogens (tertiary/aromatic N) is 1. The average Bonchev–Trinajstić information content (AvgIpc) is 2.89. The van der Waals surface area contributed by atoms with Crippen LogP contribution in [0.3, 0.4) is 0 Å². The van der Waals surface area contributed by atoms with Crippen molar-refractivity contribution in [3.63, 3.8) is 0 Å². The molecule has 1 atom stereocenters. The number of hydrogen-bond acceptors (Lipinski definition) is 4. The summed E-state index contributed by atoms with van der Waals surface area (Å²) in [5, 5.41) is 13.9. The Labute approximate surface area is 111 Å². The summed E-state index contributed by atoms with van der Waals surface area (Å²) in [6.45, 7) is 2.77. The van der Waals surface area contributed by atoms with Crippen molar-refractivity contribution >= 4 is 5.88 Å². The van der Waals surface area contributed by atoms with Gasteiger partial charge in [-0.2, -0.15) is 0 Å². The minimum Gasteiger partial charge on any atom is -0.404 e. The van der Waals surface area contributed by atoms with E-state index in [0.717, 1.165) is 18.5 Å². The van der Waals surface area contributed by atoms with Gasteiger partial charge < -0.3 is 9.73 Å². The maximum atomic E-state index is 10.6. The molecule has 100 valence electrons. The van der Waals surface area contributed by atoms with Crippen LogP contribution in [0.5, 0.6) is 0 Å². The van der Waals surface area contributed by atoms with Gasteiger partial charge in [-0.25, -0.2) is 0 Å². The van der Waals surface area contributed by atoms with E-state index in [-0.39, 0.29) is 11.9 Å². The summed E-state index contributed by atoms with van der Waals surface area (Å²) in [4.78, 5) is 10.1. The first-order valence-corrected chi connectivity index (χ1v) is 6.22. The molecule has 0 aliphatic heterocycles. The fraction of sp³-hybridized carbons (Fsp3) is 0.286.